The first-order valence-electron chi connectivity index (χ1n) is 8.69. The lowest BCUT2D eigenvalue weighted by Crippen LogP contribution is -2.47. The highest BCUT2D eigenvalue weighted by atomic mass is 16.5. The molecular weight excluding hydrogens is 338 g/mol. The molecule has 0 aromatic heterocycles. The minimum Gasteiger partial charge on any atom is -0.495 e. The molecule has 0 saturated carbocycles. The number of hydrogen-bond donors (Lipinski definition) is 2. The number of hydrogen-bond acceptors (Lipinski definition) is 6. The minimum absolute atomic E-state index is 0.192. The van der Waals surface area contributed by atoms with E-state index in [1.807, 2.05) is 0 Å². The first-order chi connectivity index (χ1) is 12.4. The van der Waals surface area contributed by atoms with Gasteiger partial charge < -0.3 is 20.5 Å². The maximum Gasteiger partial charge on any atom is 0.247 e. The summed E-state index contributed by atoms with van der Waals surface area (Å²) in [6, 6.07) is 3.96. The van der Waals surface area contributed by atoms with Crippen LogP contribution in [0.25, 0.3) is 0 Å². The van der Waals surface area contributed by atoms with Crippen LogP contribution in [0, 0.1) is 11.8 Å². The van der Waals surface area contributed by atoms with E-state index in [9.17, 15) is 14.4 Å². The molecule has 0 aliphatic carbocycles. The molecule has 0 spiro atoms. The standard InChI is InChI=1S/C18H21N3O5/c1-8(16(22)20-9-3-4-11(25-2)10(19)7-9)21-17(23)14-12-5-6-13(26-12)15(14)18(21)24/h3-4,7-8,12-15H,5-6,19H2,1-2H3,(H,20,22). The molecule has 26 heavy (non-hydrogen) atoms. The van der Waals surface area contributed by atoms with Crippen molar-refractivity contribution in [3.05, 3.63) is 18.2 Å². The number of nitrogens with zero attached hydrogens (tertiary/aromatic N) is 1. The van der Waals surface area contributed by atoms with Gasteiger partial charge in [-0.15, -0.1) is 0 Å². The Bertz CT molecular complexity index is 767. The number of likely N-dealkylation sites (tertiary alicyclic amines) is 1. The Balaban J connectivity index is 1.50. The second kappa shape index (κ2) is 5.98. The quantitative estimate of drug-likeness (QED) is 0.607. The van der Waals surface area contributed by atoms with Crippen LogP contribution in [0.2, 0.25) is 0 Å². The van der Waals surface area contributed by atoms with Crippen LogP contribution in [0.15, 0.2) is 18.2 Å². The van der Waals surface area contributed by atoms with Crippen LogP contribution in [0.4, 0.5) is 11.4 Å². The van der Waals surface area contributed by atoms with Crippen LogP contribution in [-0.2, 0) is 19.1 Å². The molecule has 1 aromatic rings. The van der Waals surface area contributed by atoms with Gasteiger partial charge >= 0.3 is 0 Å². The third-order valence-electron chi connectivity index (χ3n) is 5.58. The van der Waals surface area contributed by atoms with Gasteiger partial charge in [-0.3, -0.25) is 19.3 Å². The average Bonchev–Trinajstić information content (AvgIpc) is 3.28. The molecule has 3 N–H and O–H groups in total. The molecule has 3 fully saturated rings. The highest BCUT2D eigenvalue weighted by Crippen LogP contribution is 2.48. The molecule has 8 nitrogen and oxygen atoms in total. The van der Waals surface area contributed by atoms with E-state index in [4.69, 9.17) is 15.2 Å². The zero-order valence-corrected chi connectivity index (χ0v) is 14.6. The van der Waals surface area contributed by atoms with Gasteiger partial charge in [-0.05, 0) is 38.0 Å². The fourth-order valence-corrected chi connectivity index (χ4v) is 4.29. The van der Waals surface area contributed by atoms with Crippen LogP contribution in [0.1, 0.15) is 19.8 Å². The summed E-state index contributed by atoms with van der Waals surface area (Å²) < 4.78 is 10.8. The summed E-state index contributed by atoms with van der Waals surface area (Å²) >= 11 is 0. The van der Waals surface area contributed by atoms with E-state index in [0.717, 1.165) is 17.7 Å². The van der Waals surface area contributed by atoms with Crippen molar-refractivity contribution in [1.82, 2.24) is 4.90 Å². The molecule has 3 aliphatic rings. The lowest BCUT2D eigenvalue weighted by molar-refractivity contribution is -0.148. The van der Waals surface area contributed by atoms with E-state index in [-0.39, 0.29) is 24.0 Å². The second-order valence-electron chi connectivity index (χ2n) is 7.01. The number of methoxy groups -OCH3 is 1. The van der Waals surface area contributed by atoms with Crippen molar-refractivity contribution >= 4 is 29.1 Å². The molecule has 8 heteroatoms. The smallest absolute Gasteiger partial charge is 0.247 e. The number of ether oxygens (including phenoxy) is 2. The van der Waals surface area contributed by atoms with Gasteiger partial charge in [-0.2, -0.15) is 0 Å². The van der Waals surface area contributed by atoms with Crippen LogP contribution < -0.4 is 15.8 Å². The monoisotopic (exact) mass is 359 g/mol. The van der Waals surface area contributed by atoms with Gasteiger partial charge in [0.15, 0.2) is 0 Å². The molecule has 138 valence electrons. The number of carbonyl (C=O) groups is 3. The Hall–Kier alpha value is -2.61. The summed E-state index contributed by atoms with van der Waals surface area (Å²) in [4.78, 5) is 39.2. The molecule has 5 atom stereocenters. The van der Waals surface area contributed by atoms with Crippen LogP contribution >= 0.6 is 0 Å². The molecular formula is C18H21N3O5. The number of imide groups is 1. The highest BCUT2D eigenvalue weighted by molar-refractivity contribution is 6.10. The molecule has 5 unspecified atom stereocenters. The summed E-state index contributed by atoms with van der Waals surface area (Å²) in [5.74, 6) is -1.41. The number of nitrogens with two attached hydrogens (primary N) is 1. The first-order valence-corrected chi connectivity index (χ1v) is 8.69. The topological polar surface area (TPSA) is 111 Å². The van der Waals surface area contributed by atoms with Gasteiger partial charge in [0.05, 0.1) is 36.8 Å². The molecule has 3 amide bonds. The molecule has 4 rings (SSSR count). The van der Waals surface area contributed by atoms with Gasteiger partial charge in [0.25, 0.3) is 0 Å². The maximum atomic E-state index is 12.7. The van der Waals surface area contributed by atoms with Crippen molar-refractivity contribution < 1.29 is 23.9 Å². The fourth-order valence-electron chi connectivity index (χ4n) is 4.29. The maximum absolute atomic E-state index is 12.7. The van der Waals surface area contributed by atoms with Gasteiger partial charge in [0.2, 0.25) is 17.7 Å². The normalized spacial score (nSPS) is 30.5. The van der Waals surface area contributed by atoms with Crippen molar-refractivity contribution in [2.45, 2.75) is 38.0 Å². The van der Waals surface area contributed by atoms with E-state index in [1.165, 1.54) is 7.11 Å². The van der Waals surface area contributed by atoms with Crippen molar-refractivity contribution in [2.75, 3.05) is 18.2 Å². The Morgan fingerprint density at radius 2 is 1.88 bits per heavy atom. The molecule has 2 bridgehead atoms. The number of nitrogen functional groups attached to an aromatic ring is 1. The lowest BCUT2D eigenvalue weighted by Gasteiger charge is -2.24. The third kappa shape index (κ3) is 2.36. The van der Waals surface area contributed by atoms with Gasteiger partial charge in [-0.1, -0.05) is 0 Å². The van der Waals surface area contributed by atoms with Crippen molar-refractivity contribution in [2.24, 2.45) is 11.8 Å². The largest absolute Gasteiger partial charge is 0.495 e. The predicted molar refractivity (Wildman–Crippen MR) is 92.2 cm³/mol. The Labute approximate surface area is 150 Å². The van der Waals surface area contributed by atoms with E-state index >= 15 is 0 Å². The zero-order chi connectivity index (χ0) is 18.6. The Morgan fingerprint density at radius 1 is 1.27 bits per heavy atom. The molecule has 3 heterocycles. The first kappa shape index (κ1) is 16.8. The molecule has 0 radical (unpaired) electrons. The van der Waals surface area contributed by atoms with E-state index < -0.39 is 23.8 Å². The van der Waals surface area contributed by atoms with Crippen LogP contribution in [-0.4, -0.2) is 48.0 Å². The van der Waals surface area contributed by atoms with E-state index in [2.05, 4.69) is 5.32 Å². The fraction of sp³-hybridized carbons (Fsp3) is 0.500. The number of benzene rings is 1. The van der Waals surface area contributed by atoms with Crippen molar-refractivity contribution in [3.63, 3.8) is 0 Å². The van der Waals surface area contributed by atoms with Crippen molar-refractivity contribution in [3.8, 4) is 5.75 Å². The average molecular weight is 359 g/mol. The lowest BCUT2D eigenvalue weighted by atomic mass is 9.81. The van der Waals surface area contributed by atoms with Crippen LogP contribution in [0.3, 0.4) is 0 Å². The summed E-state index contributed by atoms with van der Waals surface area (Å²) in [7, 11) is 1.50. The van der Waals surface area contributed by atoms with Gasteiger partial charge in [0.1, 0.15) is 11.8 Å². The SMILES string of the molecule is COc1ccc(NC(=O)C(C)N2C(=O)C3C4CCC(O4)C3C2=O)cc1N. The number of amides is 3. The molecule has 1 aromatic carbocycles. The number of anilines is 2. The van der Waals surface area contributed by atoms with Crippen molar-refractivity contribution in [1.29, 1.82) is 0 Å². The minimum atomic E-state index is -0.900. The molecule has 3 aliphatic heterocycles. The number of nitrogens with one attached hydrogen (secondary N) is 1. The zero-order valence-electron chi connectivity index (χ0n) is 14.6. The Kier molecular flexibility index (Phi) is 3.87. The summed E-state index contributed by atoms with van der Waals surface area (Å²) in [5.41, 5.74) is 6.70. The van der Waals surface area contributed by atoms with Gasteiger partial charge in [0, 0.05) is 5.69 Å². The number of rotatable bonds is 4. The molecule has 3 saturated heterocycles. The highest BCUT2D eigenvalue weighted by Gasteiger charge is 2.63. The summed E-state index contributed by atoms with van der Waals surface area (Å²) in [6.45, 7) is 1.56. The van der Waals surface area contributed by atoms with E-state index in [1.54, 1.807) is 25.1 Å². The number of carbonyl (C=O) groups excluding carboxylic acids is 3. The third-order valence-corrected chi connectivity index (χ3v) is 5.58. The van der Waals surface area contributed by atoms with E-state index in [0.29, 0.717) is 17.1 Å². The van der Waals surface area contributed by atoms with Gasteiger partial charge in [-0.25, -0.2) is 0 Å². The summed E-state index contributed by atoms with van der Waals surface area (Å²) in [5, 5.41) is 2.70. The summed E-state index contributed by atoms with van der Waals surface area (Å²) in [6.07, 6.45) is 1.21. The van der Waals surface area contributed by atoms with Crippen LogP contribution in [0.5, 0.6) is 5.75 Å². The predicted octanol–water partition coefficient (Wildman–Crippen LogP) is 0.767. The number of fused-ring (bicyclic) bond motifs is 5. The second-order valence-corrected chi connectivity index (χ2v) is 7.01. The Morgan fingerprint density at radius 3 is 2.42 bits per heavy atom.